The summed E-state index contributed by atoms with van der Waals surface area (Å²) in [5.41, 5.74) is 1.58. The van der Waals surface area contributed by atoms with Gasteiger partial charge in [-0.25, -0.2) is 0 Å². The average Bonchev–Trinajstić information content (AvgIpc) is 2.49. The van der Waals surface area contributed by atoms with Crippen LogP contribution in [0.15, 0.2) is 41.6 Å². The van der Waals surface area contributed by atoms with Gasteiger partial charge >= 0.3 is 0 Å². The lowest BCUT2D eigenvalue weighted by molar-refractivity contribution is 0.284. The van der Waals surface area contributed by atoms with Gasteiger partial charge in [0, 0.05) is 5.56 Å². The van der Waals surface area contributed by atoms with E-state index in [1.807, 2.05) is 6.07 Å². The number of nitrogens with zero attached hydrogens (tertiary/aromatic N) is 1. The van der Waals surface area contributed by atoms with Crippen LogP contribution >= 0.6 is 23.2 Å². The Kier molecular flexibility index (Phi) is 5.31. The van der Waals surface area contributed by atoms with Gasteiger partial charge in [0.05, 0.1) is 23.4 Å². The molecule has 0 atom stereocenters. The van der Waals surface area contributed by atoms with Crippen molar-refractivity contribution in [1.29, 1.82) is 0 Å². The molecule has 0 amide bonds. The molecule has 0 saturated carbocycles. The Balaban J connectivity index is 2.17. The second-order valence-corrected chi connectivity index (χ2v) is 5.01. The van der Waals surface area contributed by atoms with E-state index in [1.54, 1.807) is 37.4 Å². The molecule has 0 aliphatic rings. The molecule has 0 bridgehead atoms. The molecule has 21 heavy (non-hydrogen) atoms. The summed E-state index contributed by atoms with van der Waals surface area (Å²) in [6, 6.07) is 10.5. The lowest BCUT2D eigenvalue weighted by atomic mass is 10.2. The van der Waals surface area contributed by atoms with Crippen LogP contribution in [-0.4, -0.2) is 18.5 Å². The Morgan fingerprint density at radius 2 is 1.90 bits per heavy atom. The predicted molar refractivity (Wildman–Crippen MR) is 83.2 cm³/mol. The van der Waals surface area contributed by atoms with Crippen molar-refractivity contribution in [3.05, 3.63) is 57.6 Å². The predicted octanol–water partition coefficient (Wildman–Crippen LogP) is 4.39. The number of oxime groups is 1. The van der Waals surface area contributed by atoms with Crippen molar-refractivity contribution < 1.29 is 14.7 Å². The zero-order valence-electron chi connectivity index (χ0n) is 11.2. The third-order valence-electron chi connectivity index (χ3n) is 2.77. The largest absolute Gasteiger partial charge is 0.493 e. The summed E-state index contributed by atoms with van der Waals surface area (Å²) in [6.07, 6.45) is 1.31. The fourth-order valence-electron chi connectivity index (χ4n) is 1.74. The molecule has 1 N–H and O–H groups in total. The monoisotopic (exact) mass is 325 g/mol. The fourth-order valence-corrected chi connectivity index (χ4v) is 2.06. The van der Waals surface area contributed by atoms with E-state index in [4.69, 9.17) is 37.9 Å². The zero-order valence-corrected chi connectivity index (χ0v) is 12.7. The normalized spacial score (nSPS) is 10.8. The van der Waals surface area contributed by atoms with Crippen LogP contribution in [0, 0.1) is 0 Å². The van der Waals surface area contributed by atoms with Gasteiger partial charge in [0.25, 0.3) is 0 Å². The molecule has 4 nitrogen and oxygen atoms in total. The van der Waals surface area contributed by atoms with Crippen molar-refractivity contribution in [2.24, 2.45) is 5.16 Å². The summed E-state index contributed by atoms with van der Waals surface area (Å²) in [6.45, 7) is 0.312. The van der Waals surface area contributed by atoms with Crippen molar-refractivity contribution in [3.8, 4) is 11.5 Å². The van der Waals surface area contributed by atoms with Crippen molar-refractivity contribution in [2.45, 2.75) is 6.61 Å². The summed E-state index contributed by atoms with van der Waals surface area (Å²) in [5.74, 6) is 1.13. The molecular formula is C15H13Cl2NO3. The maximum absolute atomic E-state index is 8.57. The van der Waals surface area contributed by atoms with E-state index in [2.05, 4.69) is 5.16 Å². The highest BCUT2D eigenvalue weighted by molar-refractivity contribution is 6.42. The van der Waals surface area contributed by atoms with Crippen LogP contribution in [-0.2, 0) is 6.61 Å². The van der Waals surface area contributed by atoms with Crippen molar-refractivity contribution in [2.75, 3.05) is 7.11 Å². The minimum Gasteiger partial charge on any atom is -0.493 e. The van der Waals surface area contributed by atoms with E-state index in [0.29, 0.717) is 33.7 Å². The van der Waals surface area contributed by atoms with Gasteiger partial charge in [0.2, 0.25) is 0 Å². The first-order valence-electron chi connectivity index (χ1n) is 6.06. The van der Waals surface area contributed by atoms with E-state index < -0.39 is 0 Å². The van der Waals surface area contributed by atoms with Crippen molar-refractivity contribution in [1.82, 2.24) is 0 Å². The lowest BCUT2D eigenvalue weighted by Gasteiger charge is -2.11. The summed E-state index contributed by atoms with van der Waals surface area (Å²) in [7, 11) is 1.56. The molecule has 2 rings (SSSR count). The molecule has 0 fully saturated rings. The second kappa shape index (κ2) is 7.20. The molecule has 0 aromatic heterocycles. The van der Waals surface area contributed by atoms with Gasteiger partial charge in [-0.1, -0.05) is 34.4 Å². The number of hydrogen-bond acceptors (Lipinski definition) is 4. The molecule has 6 heteroatoms. The smallest absolute Gasteiger partial charge is 0.162 e. The minimum atomic E-state index is 0.312. The quantitative estimate of drug-likeness (QED) is 0.504. The first-order chi connectivity index (χ1) is 10.1. The van der Waals surface area contributed by atoms with Crippen LogP contribution < -0.4 is 9.47 Å². The minimum absolute atomic E-state index is 0.312. The van der Waals surface area contributed by atoms with Crippen LogP contribution in [0.5, 0.6) is 11.5 Å². The van der Waals surface area contributed by atoms with Gasteiger partial charge in [-0.2, -0.15) is 0 Å². The molecule has 0 spiro atoms. The number of ether oxygens (including phenoxy) is 2. The van der Waals surface area contributed by atoms with E-state index in [9.17, 15) is 0 Å². The topological polar surface area (TPSA) is 51.0 Å². The zero-order chi connectivity index (χ0) is 15.2. The van der Waals surface area contributed by atoms with Gasteiger partial charge < -0.3 is 14.7 Å². The summed E-state index contributed by atoms with van der Waals surface area (Å²) < 4.78 is 11.0. The number of halogens is 2. The molecule has 0 saturated heterocycles. The summed E-state index contributed by atoms with van der Waals surface area (Å²) in [4.78, 5) is 0. The van der Waals surface area contributed by atoms with E-state index in [-0.39, 0.29) is 0 Å². The Morgan fingerprint density at radius 3 is 2.57 bits per heavy atom. The van der Waals surface area contributed by atoms with Crippen LogP contribution in [0.3, 0.4) is 0 Å². The molecular weight excluding hydrogens is 313 g/mol. The summed E-state index contributed by atoms with van der Waals surface area (Å²) >= 11 is 11.8. The molecule has 0 radical (unpaired) electrons. The van der Waals surface area contributed by atoms with Gasteiger partial charge in [-0.05, 0) is 35.9 Å². The second-order valence-electron chi connectivity index (χ2n) is 4.19. The number of methoxy groups -OCH3 is 1. The van der Waals surface area contributed by atoms with Crippen LogP contribution in [0.1, 0.15) is 11.1 Å². The van der Waals surface area contributed by atoms with Gasteiger partial charge in [0.15, 0.2) is 11.5 Å². The number of benzene rings is 2. The third-order valence-corrected chi connectivity index (χ3v) is 3.51. The Hall–Kier alpha value is -1.91. The van der Waals surface area contributed by atoms with Gasteiger partial charge in [0.1, 0.15) is 6.61 Å². The molecule has 110 valence electrons. The molecule has 0 aliphatic heterocycles. The van der Waals surface area contributed by atoms with E-state index >= 15 is 0 Å². The fraction of sp³-hybridized carbons (Fsp3) is 0.133. The molecule has 0 aliphatic carbocycles. The lowest BCUT2D eigenvalue weighted by Crippen LogP contribution is -1.98. The molecule has 0 unspecified atom stereocenters. The first-order valence-corrected chi connectivity index (χ1v) is 6.82. The maximum atomic E-state index is 8.57. The highest BCUT2D eigenvalue weighted by Crippen LogP contribution is 2.29. The average molecular weight is 326 g/mol. The van der Waals surface area contributed by atoms with Crippen LogP contribution in [0.4, 0.5) is 0 Å². The molecule has 2 aromatic rings. The highest BCUT2D eigenvalue weighted by Gasteiger charge is 2.07. The highest BCUT2D eigenvalue weighted by atomic mass is 35.5. The van der Waals surface area contributed by atoms with Crippen LogP contribution in [0.25, 0.3) is 0 Å². The first kappa shape index (κ1) is 15.5. The summed E-state index contributed by atoms with van der Waals surface area (Å²) in [5, 5.41) is 12.5. The third kappa shape index (κ3) is 4.03. The van der Waals surface area contributed by atoms with Crippen LogP contribution in [0.2, 0.25) is 10.0 Å². The molecule has 2 aromatic carbocycles. The van der Waals surface area contributed by atoms with Crippen molar-refractivity contribution >= 4 is 29.4 Å². The Bertz CT molecular complexity index is 659. The standard InChI is InChI=1S/C15H13Cl2NO3/c1-20-14-5-3-10(8-18-19)7-15(14)21-9-11-2-4-12(16)13(17)6-11/h2-8,19H,9H2,1H3. The van der Waals surface area contributed by atoms with E-state index in [0.717, 1.165) is 5.56 Å². The van der Waals surface area contributed by atoms with E-state index in [1.165, 1.54) is 6.21 Å². The number of rotatable bonds is 5. The van der Waals surface area contributed by atoms with Gasteiger partial charge in [-0.3, -0.25) is 0 Å². The van der Waals surface area contributed by atoms with Crippen molar-refractivity contribution in [3.63, 3.8) is 0 Å². The SMILES string of the molecule is COc1ccc(C=NO)cc1OCc1ccc(Cl)c(Cl)c1. The van der Waals surface area contributed by atoms with Gasteiger partial charge in [-0.15, -0.1) is 0 Å². The number of hydrogen-bond donors (Lipinski definition) is 1. The maximum Gasteiger partial charge on any atom is 0.162 e. The Morgan fingerprint density at radius 1 is 1.10 bits per heavy atom. The Labute approximate surface area is 132 Å². The molecule has 0 heterocycles.